The maximum absolute atomic E-state index is 14.1. The highest BCUT2D eigenvalue weighted by molar-refractivity contribution is 6.12. The van der Waals surface area contributed by atoms with Crippen LogP contribution in [-0.2, 0) is 22.5 Å². The third kappa shape index (κ3) is 5.21. The van der Waals surface area contributed by atoms with E-state index >= 15 is 0 Å². The number of hydrogen-bond acceptors (Lipinski definition) is 8. The van der Waals surface area contributed by atoms with E-state index in [1.165, 1.54) is 22.3 Å². The van der Waals surface area contributed by atoms with Gasteiger partial charge in [0.05, 0.1) is 47.1 Å². The van der Waals surface area contributed by atoms with Crippen LogP contribution < -0.4 is 16.4 Å². The van der Waals surface area contributed by atoms with Gasteiger partial charge in [0.2, 0.25) is 0 Å². The average Bonchev–Trinajstić information content (AvgIpc) is 3.35. The van der Waals surface area contributed by atoms with Crippen molar-refractivity contribution in [1.82, 2.24) is 10.5 Å². The fraction of sp³-hybridized carbons (Fsp3) is 0.406. The van der Waals surface area contributed by atoms with E-state index in [2.05, 4.69) is 49.3 Å². The molecule has 8 nitrogen and oxygen atoms in total. The SMILES string of the molecule is CCOC(=O)c1c(COC(C)(C)C)nc2c(c1-c1cccc3c1NNN3)C(=O)CC(c1c(C)cc(C)cc1C)C2. The Bertz CT molecular complexity index is 1480. The van der Waals surface area contributed by atoms with Gasteiger partial charge in [0.25, 0.3) is 0 Å². The molecule has 5 rings (SSSR count). The molecular formula is C32H38N4O4. The predicted molar refractivity (Wildman–Crippen MR) is 157 cm³/mol. The number of anilines is 2. The summed E-state index contributed by atoms with van der Waals surface area (Å²) in [7, 11) is 0. The van der Waals surface area contributed by atoms with E-state index < -0.39 is 11.6 Å². The zero-order chi connectivity index (χ0) is 28.8. The van der Waals surface area contributed by atoms with Crippen LogP contribution >= 0.6 is 0 Å². The van der Waals surface area contributed by atoms with Gasteiger partial charge in [-0.2, -0.15) is 0 Å². The molecule has 1 aliphatic heterocycles. The van der Waals surface area contributed by atoms with Crippen molar-refractivity contribution < 1.29 is 19.1 Å². The maximum Gasteiger partial charge on any atom is 0.340 e. The van der Waals surface area contributed by atoms with Crippen molar-refractivity contribution in [2.75, 3.05) is 17.5 Å². The number of esters is 1. The Hall–Kier alpha value is -3.75. The lowest BCUT2D eigenvalue weighted by Gasteiger charge is -2.30. The van der Waals surface area contributed by atoms with Gasteiger partial charge >= 0.3 is 5.97 Å². The van der Waals surface area contributed by atoms with E-state index in [1.807, 2.05) is 39.0 Å². The minimum atomic E-state index is -0.517. The standard InChI is InChI=1S/C32H38N4O4/c1-8-39-31(38)29-24(16-40-32(5,6)7)33-23-14-20(26-18(3)12-17(2)13-19(26)4)15-25(37)28(23)27(29)21-10-9-11-22-30(21)35-36-34-22/h9-13,20,34-36H,8,14-16H2,1-7H3. The van der Waals surface area contributed by atoms with E-state index in [4.69, 9.17) is 14.5 Å². The topological polar surface area (TPSA) is 102 Å². The molecule has 1 aromatic heterocycles. The molecule has 0 radical (unpaired) electrons. The second-order valence-electron chi connectivity index (χ2n) is 11.7. The minimum absolute atomic E-state index is 0.00581. The molecule has 0 saturated heterocycles. The number of para-hydroxylation sites is 1. The summed E-state index contributed by atoms with van der Waals surface area (Å²) in [6.45, 7) is 14.3. The predicted octanol–water partition coefficient (Wildman–Crippen LogP) is 6.34. The van der Waals surface area contributed by atoms with Crippen LogP contribution in [0.2, 0.25) is 0 Å². The van der Waals surface area contributed by atoms with Gasteiger partial charge in [0.1, 0.15) is 0 Å². The third-order valence-corrected chi connectivity index (χ3v) is 7.48. The smallest absolute Gasteiger partial charge is 0.340 e. The molecule has 1 aliphatic carbocycles. The van der Waals surface area contributed by atoms with Gasteiger partial charge in [-0.3, -0.25) is 9.78 Å². The van der Waals surface area contributed by atoms with Crippen molar-refractivity contribution in [3.63, 3.8) is 0 Å². The molecule has 0 bridgehead atoms. The quantitative estimate of drug-likeness (QED) is 0.311. The molecule has 1 unspecified atom stereocenters. The highest BCUT2D eigenvalue weighted by Crippen LogP contribution is 2.45. The Balaban J connectivity index is 1.77. The molecule has 8 heteroatoms. The van der Waals surface area contributed by atoms with Crippen molar-refractivity contribution in [2.45, 2.75) is 79.4 Å². The van der Waals surface area contributed by atoms with E-state index in [-0.39, 0.29) is 30.5 Å². The summed E-state index contributed by atoms with van der Waals surface area (Å²) in [6.07, 6.45) is 0.925. The molecule has 1 atom stereocenters. The van der Waals surface area contributed by atoms with Crippen LogP contribution in [0.3, 0.4) is 0 Å². The highest BCUT2D eigenvalue weighted by Gasteiger charge is 2.37. The Kier molecular flexibility index (Phi) is 7.42. The number of nitrogens with zero attached hydrogens (tertiary/aromatic N) is 1. The molecule has 2 heterocycles. The minimum Gasteiger partial charge on any atom is -0.462 e. The Labute approximate surface area is 235 Å². The van der Waals surface area contributed by atoms with E-state index in [0.29, 0.717) is 35.4 Å². The number of ether oxygens (including phenoxy) is 2. The Morgan fingerprint density at radius 3 is 2.45 bits per heavy atom. The zero-order valence-corrected chi connectivity index (χ0v) is 24.4. The Morgan fingerprint density at radius 2 is 1.77 bits per heavy atom. The fourth-order valence-corrected chi connectivity index (χ4v) is 6.05. The summed E-state index contributed by atoms with van der Waals surface area (Å²) in [5.41, 5.74) is 18.2. The van der Waals surface area contributed by atoms with Crippen molar-refractivity contribution in [3.05, 3.63) is 75.1 Å². The fourth-order valence-electron chi connectivity index (χ4n) is 6.05. The highest BCUT2D eigenvalue weighted by atomic mass is 16.5. The number of benzene rings is 2. The van der Waals surface area contributed by atoms with Gasteiger partial charge in [-0.25, -0.2) is 4.79 Å². The first-order chi connectivity index (χ1) is 19.0. The number of Topliss-reactive ketones (excluding diaryl/α,β-unsaturated/α-hetero) is 1. The van der Waals surface area contributed by atoms with E-state index in [1.54, 1.807) is 6.92 Å². The van der Waals surface area contributed by atoms with Gasteiger partial charge in [-0.1, -0.05) is 29.8 Å². The van der Waals surface area contributed by atoms with Crippen LogP contribution in [0.1, 0.15) is 94.4 Å². The zero-order valence-electron chi connectivity index (χ0n) is 24.4. The number of aryl methyl sites for hydroxylation is 3. The van der Waals surface area contributed by atoms with Crippen LogP contribution in [0.15, 0.2) is 30.3 Å². The monoisotopic (exact) mass is 542 g/mol. The van der Waals surface area contributed by atoms with Crippen molar-refractivity contribution in [3.8, 4) is 11.1 Å². The molecule has 210 valence electrons. The number of fused-ring (bicyclic) bond motifs is 2. The number of carbonyl (C=O) groups is 2. The van der Waals surface area contributed by atoms with Crippen molar-refractivity contribution in [1.29, 1.82) is 0 Å². The lowest BCUT2D eigenvalue weighted by molar-refractivity contribution is -0.0171. The molecule has 2 aromatic carbocycles. The van der Waals surface area contributed by atoms with Gasteiger partial charge in [0, 0.05) is 23.1 Å². The first kappa shape index (κ1) is 27.8. The number of nitrogens with one attached hydrogen (secondary N) is 3. The van der Waals surface area contributed by atoms with Gasteiger partial charge in [0.15, 0.2) is 5.78 Å². The molecule has 0 amide bonds. The van der Waals surface area contributed by atoms with Gasteiger partial charge in [-0.15, -0.1) is 5.53 Å². The first-order valence-electron chi connectivity index (χ1n) is 13.9. The number of hydrogen-bond donors (Lipinski definition) is 3. The summed E-state index contributed by atoms with van der Waals surface area (Å²) >= 11 is 0. The first-order valence-corrected chi connectivity index (χ1v) is 13.9. The maximum atomic E-state index is 14.1. The lowest BCUT2D eigenvalue weighted by atomic mass is 9.75. The number of ketones is 1. The lowest BCUT2D eigenvalue weighted by Crippen LogP contribution is -2.27. The summed E-state index contributed by atoms with van der Waals surface area (Å²) in [4.78, 5) is 32.7. The number of pyridine rings is 1. The summed E-state index contributed by atoms with van der Waals surface area (Å²) in [5.74, 6) is -0.552. The molecule has 40 heavy (non-hydrogen) atoms. The molecular weight excluding hydrogens is 504 g/mol. The average molecular weight is 543 g/mol. The second kappa shape index (κ2) is 10.7. The number of hydrazine groups is 2. The summed E-state index contributed by atoms with van der Waals surface area (Å²) < 4.78 is 11.7. The molecule has 0 spiro atoms. The summed E-state index contributed by atoms with van der Waals surface area (Å²) in [6, 6.07) is 10.1. The van der Waals surface area contributed by atoms with Crippen molar-refractivity contribution in [2.24, 2.45) is 0 Å². The van der Waals surface area contributed by atoms with Crippen molar-refractivity contribution >= 4 is 23.1 Å². The van der Waals surface area contributed by atoms with Crippen LogP contribution in [0.5, 0.6) is 0 Å². The molecule has 2 aliphatic rings. The van der Waals surface area contributed by atoms with Gasteiger partial charge in [-0.05, 0) is 83.6 Å². The van der Waals surface area contributed by atoms with Crippen LogP contribution in [0.25, 0.3) is 11.1 Å². The Morgan fingerprint density at radius 1 is 1.05 bits per heavy atom. The van der Waals surface area contributed by atoms with E-state index in [0.717, 1.165) is 16.9 Å². The molecule has 0 saturated carbocycles. The third-order valence-electron chi connectivity index (χ3n) is 7.48. The molecule has 3 N–H and O–H groups in total. The number of rotatable bonds is 6. The second-order valence-corrected chi connectivity index (χ2v) is 11.7. The number of aromatic nitrogens is 1. The summed E-state index contributed by atoms with van der Waals surface area (Å²) in [5, 5.41) is 0. The number of carbonyl (C=O) groups excluding carboxylic acids is 2. The van der Waals surface area contributed by atoms with Gasteiger partial charge < -0.3 is 20.3 Å². The van der Waals surface area contributed by atoms with Crippen LogP contribution in [0, 0.1) is 20.8 Å². The van der Waals surface area contributed by atoms with E-state index in [9.17, 15) is 9.59 Å². The largest absolute Gasteiger partial charge is 0.462 e. The normalized spacial score (nSPS) is 16.2. The van der Waals surface area contributed by atoms with Crippen LogP contribution in [-0.4, -0.2) is 28.9 Å². The molecule has 3 aromatic rings. The van der Waals surface area contributed by atoms with Crippen LogP contribution in [0.4, 0.5) is 11.4 Å². The molecule has 0 fully saturated rings.